The molecule has 1 saturated heterocycles. The minimum Gasteiger partial charge on any atom is -0.307 e. The minimum atomic E-state index is 0.184. The molecular weight excluding hydrogens is 208 g/mol. The van der Waals surface area contributed by atoms with Crippen molar-refractivity contribution in [2.75, 3.05) is 6.54 Å². The van der Waals surface area contributed by atoms with E-state index in [4.69, 9.17) is 0 Å². The first kappa shape index (κ1) is 12.6. The Kier molecular flexibility index (Phi) is 4.16. The summed E-state index contributed by atoms with van der Waals surface area (Å²) < 4.78 is 0. The van der Waals surface area contributed by atoms with E-state index in [1.165, 1.54) is 49.7 Å². The van der Waals surface area contributed by atoms with Crippen molar-refractivity contribution in [3.63, 3.8) is 0 Å². The molecule has 94 valence electrons. The lowest BCUT2D eigenvalue weighted by Gasteiger charge is -2.35. The predicted molar refractivity (Wildman–Crippen MR) is 72.0 cm³/mol. The summed E-state index contributed by atoms with van der Waals surface area (Å²) in [7, 11) is 0. The first-order valence-electron chi connectivity index (χ1n) is 6.94. The maximum Gasteiger partial charge on any atom is 0.0452 e. The highest BCUT2D eigenvalue weighted by atomic mass is 15.0. The van der Waals surface area contributed by atoms with Crippen LogP contribution < -0.4 is 5.32 Å². The van der Waals surface area contributed by atoms with Crippen LogP contribution in [0.1, 0.15) is 56.6 Å². The fourth-order valence-corrected chi connectivity index (χ4v) is 3.11. The Bertz CT molecular complexity index is 352. The van der Waals surface area contributed by atoms with Gasteiger partial charge >= 0.3 is 0 Å². The highest BCUT2D eigenvalue weighted by Gasteiger charge is 2.32. The number of rotatable bonds is 3. The molecule has 1 N–H and O–H groups in total. The highest BCUT2D eigenvalue weighted by Crippen LogP contribution is 2.35. The van der Waals surface area contributed by atoms with Gasteiger partial charge in [0, 0.05) is 17.9 Å². The van der Waals surface area contributed by atoms with Gasteiger partial charge < -0.3 is 5.32 Å². The van der Waals surface area contributed by atoms with Crippen molar-refractivity contribution in [3.05, 3.63) is 29.6 Å². The number of pyridine rings is 1. The number of hydrogen-bond acceptors (Lipinski definition) is 2. The molecule has 0 aliphatic carbocycles. The second kappa shape index (κ2) is 5.63. The van der Waals surface area contributed by atoms with Crippen LogP contribution >= 0.6 is 0 Å². The lowest BCUT2D eigenvalue weighted by Crippen LogP contribution is -2.42. The number of nitrogens with zero attached hydrogens (tertiary/aromatic N) is 1. The topological polar surface area (TPSA) is 24.9 Å². The second-order valence-corrected chi connectivity index (χ2v) is 5.26. The van der Waals surface area contributed by atoms with Gasteiger partial charge in [-0.15, -0.1) is 0 Å². The molecule has 1 unspecified atom stereocenters. The molecule has 1 atom stereocenters. The molecule has 1 fully saturated rings. The molecule has 0 aromatic carbocycles. The summed E-state index contributed by atoms with van der Waals surface area (Å²) in [6, 6.07) is 2.14. The molecule has 1 aromatic rings. The van der Waals surface area contributed by atoms with E-state index in [0.717, 1.165) is 6.54 Å². The van der Waals surface area contributed by atoms with Gasteiger partial charge in [0.15, 0.2) is 0 Å². The molecule has 0 amide bonds. The van der Waals surface area contributed by atoms with Gasteiger partial charge in [0.05, 0.1) is 0 Å². The van der Waals surface area contributed by atoms with E-state index in [-0.39, 0.29) is 5.54 Å². The van der Waals surface area contributed by atoms with Crippen LogP contribution in [0.4, 0.5) is 0 Å². The maximum atomic E-state index is 4.34. The predicted octanol–water partition coefficient (Wildman–Crippen LogP) is 3.55. The molecule has 0 saturated carbocycles. The Morgan fingerprint density at radius 3 is 3.00 bits per heavy atom. The van der Waals surface area contributed by atoms with E-state index in [1.54, 1.807) is 0 Å². The summed E-state index contributed by atoms with van der Waals surface area (Å²) in [5.41, 5.74) is 2.98. The summed E-state index contributed by atoms with van der Waals surface area (Å²) in [5, 5.41) is 3.81. The third-order valence-corrected chi connectivity index (χ3v) is 3.98. The molecule has 2 heteroatoms. The average Bonchev–Trinajstić information content (AvgIpc) is 2.57. The van der Waals surface area contributed by atoms with Crippen LogP contribution in [0.2, 0.25) is 0 Å². The molecule has 2 rings (SSSR count). The van der Waals surface area contributed by atoms with Crippen LogP contribution in [-0.2, 0) is 5.54 Å². The number of nitrogens with one attached hydrogen (secondary N) is 1. The molecule has 0 radical (unpaired) electrons. The number of hydrogen-bond donors (Lipinski definition) is 1. The van der Waals surface area contributed by atoms with Crippen LogP contribution in [0.25, 0.3) is 0 Å². The van der Waals surface area contributed by atoms with Crippen molar-refractivity contribution in [2.45, 2.75) is 57.9 Å². The lowest BCUT2D eigenvalue weighted by molar-refractivity contribution is 0.295. The van der Waals surface area contributed by atoms with E-state index in [2.05, 4.69) is 36.4 Å². The third kappa shape index (κ3) is 2.68. The minimum absolute atomic E-state index is 0.184. The molecule has 2 nitrogen and oxygen atoms in total. The van der Waals surface area contributed by atoms with Crippen LogP contribution in [0, 0.1) is 6.92 Å². The summed E-state index contributed by atoms with van der Waals surface area (Å²) in [6.07, 6.45) is 11.7. The smallest absolute Gasteiger partial charge is 0.0452 e. The van der Waals surface area contributed by atoms with E-state index in [0.29, 0.717) is 0 Å². The summed E-state index contributed by atoms with van der Waals surface area (Å²) >= 11 is 0. The molecule has 1 aromatic heterocycles. The van der Waals surface area contributed by atoms with Crippen LogP contribution in [-0.4, -0.2) is 11.5 Å². The first-order valence-corrected chi connectivity index (χ1v) is 6.94. The Morgan fingerprint density at radius 1 is 1.35 bits per heavy atom. The monoisotopic (exact) mass is 232 g/mol. The van der Waals surface area contributed by atoms with Gasteiger partial charge in [-0.25, -0.2) is 0 Å². The van der Waals surface area contributed by atoms with Gasteiger partial charge in [-0.1, -0.05) is 26.2 Å². The van der Waals surface area contributed by atoms with Crippen molar-refractivity contribution in [1.29, 1.82) is 0 Å². The molecule has 0 bridgehead atoms. The maximum absolute atomic E-state index is 4.34. The molecule has 17 heavy (non-hydrogen) atoms. The molecule has 1 aliphatic heterocycles. The van der Waals surface area contributed by atoms with Gasteiger partial charge in [0.1, 0.15) is 0 Å². The normalized spacial score (nSPS) is 25.5. The second-order valence-electron chi connectivity index (χ2n) is 5.26. The summed E-state index contributed by atoms with van der Waals surface area (Å²) in [4.78, 5) is 4.34. The fourth-order valence-electron chi connectivity index (χ4n) is 3.11. The lowest BCUT2D eigenvalue weighted by atomic mass is 9.80. The Morgan fingerprint density at radius 2 is 2.24 bits per heavy atom. The van der Waals surface area contributed by atoms with Crippen molar-refractivity contribution < 1.29 is 0 Å². The Hall–Kier alpha value is -0.890. The van der Waals surface area contributed by atoms with Crippen molar-refractivity contribution in [3.8, 4) is 0 Å². The zero-order valence-corrected chi connectivity index (χ0v) is 11.1. The van der Waals surface area contributed by atoms with Crippen LogP contribution in [0.5, 0.6) is 0 Å². The largest absolute Gasteiger partial charge is 0.307 e. The third-order valence-electron chi connectivity index (χ3n) is 3.98. The zero-order chi connectivity index (χ0) is 12.1. The average molecular weight is 232 g/mol. The van der Waals surface area contributed by atoms with Crippen molar-refractivity contribution >= 4 is 0 Å². The standard InChI is InChI=1S/C15H24N2/c1-3-8-15(9-5-4-6-10-17-15)14-12-16-11-7-13(14)2/h7,11-12,17H,3-6,8-10H2,1-2H3. The van der Waals surface area contributed by atoms with Gasteiger partial charge in [-0.2, -0.15) is 0 Å². The van der Waals surface area contributed by atoms with E-state index in [9.17, 15) is 0 Å². The first-order chi connectivity index (χ1) is 8.28. The van der Waals surface area contributed by atoms with Gasteiger partial charge in [0.2, 0.25) is 0 Å². The van der Waals surface area contributed by atoms with Gasteiger partial charge in [-0.3, -0.25) is 4.98 Å². The van der Waals surface area contributed by atoms with Crippen LogP contribution in [0.3, 0.4) is 0 Å². The number of aryl methyl sites for hydroxylation is 1. The van der Waals surface area contributed by atoms with E-state index < -0.39 is 0 Å². The summed E-state index contributed by atoms with van der Waals surface area (Å²) in [5.74, 6) is 0. The van der Waals surface area contributed by atoms with Gasteiger partial charge in [-0.05, 0) is 49.9 Å². The highest BCUT2D eigenvalue weighted by molar-refractivity contribution is 5.30. The van der Waals surface area contributed by atoms with E-state index in [1.807, 2.05) is 6.20 Å². The molecule has 0 spiro atoms. The Balaban J connectivity index is 2.35. The summed E-state index contributed by atoms with van der Waals surface area (Å²) in [6.45, 7) is 5.63. The zero-order valence-electron chi connectivity index (χ0n) is 11.1. The van der Waals surface area contributed by atoms with Crippen LogP contribution in [0.15, 0.2) is 18.5 Å². The molecular formula is C15H24N2. The van der Waals surface area contributed by atoms with E-state index >= 15 is 0 Å². The van der Waals surface area contributed by atoms with Gasteiger partial charge in [0.25, 0.3) is 0 Å². The fraction of sp³-hybridized carbons (Fsp3) is 0.667. The Labute approximate surface area is 105 Å². The van der Waals surface area contributed by atoms with Crippen molar-refractivity contribution in [1.82, 2.24) is 10.3 Å². The number of aromatic nitrogens is 1. The SMILES string of the molecule is CCCC1(c2cnccc2C)CCCCCN1. The molecule has 1 aliphatic rings. The quantitative estimate of drug-likeness (QED) is 0.862. The molecule has 2 heterocycles. The van der Waals surface area contributed by atoms with Crippen molar-refractivity contribution in [2.24, 2.45) is 0 Å².